The molecular weight excluding hydrogens is 287 g/mol. The van der Waals surface area contributed by atoms with Crippen LogP contribution in [0.15, 0.2) is 18.2 Å². The van der Waals surface area contributed by atoms with Crippen LogP contribution in [0.5, 0.6) is 5.75 Å². The number of amides is 1. The summed E-state index contributed by atoms with van der Waals surface area (Å²) in [5.41, 5.74) is 6.24. The second-order valence-corrected chi connectivity index (χ2v) is 4.57. The Morgan fingerprint density at radius 1 is 1.53 bits per heavy atom. The number of ether oxygens (including phenoxy) is 1. The third-order valence-electron chi connectivity index (χ3n) is 2.34. The van der Waals surface area contributed by atoms with Gasteiger partial charge in [-0.15, -0.1) is 12.4 Å². The van der Waals surface area contributed by atoms with E-state index in [1.807, 2.05) is 13.8 Å². The van der Waals surface area contributed by atoms with Crippen LogP contribution < -0.4 is 15.8 Å². The maximum Gasteiger partial charge on any atom is 0.224 e. The number of carbonyl (C=O) groups is 1. The highest BCUT2D eigenvalue weighted by Gasteiger charge is 2.09. The Morgan fingerprint density at radius 3 is 2.79 bits per heavy atom. The molecule has 19 heavy (non-hydrogen) atoms. The monoisotopic (exact) mass is 306 g/mol. The molecule has 3 N–H and O–H groups in total. The van der Waals surface area contributed by atoms with E-state index in [2.05, 4.69) is 5.32 Å². The predicted molar refractivity (Wildman–Crippen MR) is 81.4 cm³/mol. The maximum absolute atomic E-state index is 11.7. The summed E-state index contributed by atoms with van der Waals surface area (Å²) in [6, 6.07) is 5.15. The van der Waals surface area contributed by atoms with Gasteiger partial charge in [0, 0.05) is 23.6 Å². The smallest absolute Gasteiger partial charge is 0.224 e. The van der Waals surface area contributed by atoms with Crippen molar-refractivity contribution in [3.63, 3.8) is 0 Å². The van der Waals surface area contributed by atoms with Crippen molar-refractivity contribution in [2.45, 2.75) is 32.7 Å². The first kappa shape index (κ1) is 18.0. The van der Waals surface area contributed by atoms with Crippen LogP contribution in [0, 0.1) is 0 Å². The molecule has 0 spiro atoms. The van der Waals surface area contributed by atoms with Crippen molar-refractivity contribution in [1.29, 1.82) is 0 Å². The molecule has 0 heterocycles. The highest BCUT2D eigenvalue weighted by Crippen LogP contribution is 2.28. The molecule has 0 saturated carbocycles. The van der Waals surface area contributed by atoms with E-state index in [1.54, 1.807) is 18.2 Å². The van der Waals surface area contributed by atoms with E-state index in [-0.39, 0.29) is 24.4 Å². The van der Waals surface area contributed by atoms with Crippen LogP contribution in [-0.2, 0) is 4.79 Å². The van der Waals surface area contributed by atoms with Gasteiger partial charge < -0.3 is 15.8 Å². The molecule has 0 aliphatic rings. The predicted octanol–water partition coefficient (Wildman–Crippen LogP) is 3.23. The number of nitrogens with two attached hydrogens (primary N) is 1. The van der Waals surface area contributed by atoms with Crippen LogP contribution in [0.2, 0.25) is 5.02 Å². The molecule has 0 aliphatic carbocycles. The number of nitrogens with one attached hydrogen (secondary N) is 1. The molecule has 1 aromatic carbocycles. The van der Waals surface area contributed by atoms with Gasteiger partial charge in [-0.3, -0.25) is 4.79 Å². The SMILES string of the molecule is CCOc1cc(Cl)ccc1NC(=O)CCC(C)N.Cl. The van der Waals surface area contributed by atoms with Gasteiger partial charge in [-0.05, 0) is 32.4 Å². The average Bonchev–Trinajstić information content (AvgIpc) is 2.30. The zero-order chi connectivity index (χ0) is 13.5. The molecule has 108 valence electrons. The lowest BCUT2D eigenvalue weighted by Crippen LogP contribution is -2.19. The van der Waals surface area contributed by atoms with Gasteiger partial charge in [0.25, 0.3) is 0 Å². The van der Waals surface area contributed by atoms with Gasteiger partial charge in [0.1, 0.15) is 5.75 Å². The Hall–Kier alpha value is -0.970. The summed E-state index contributed by atoms with van der Waals surface area (Å²) < 4.78 is 5.42. The van der Waals surface area contributed by atoms with Gasteiger partial charge in [-0.1, -0.05) is 11.6 Å². The third-order valence-corrected chi connectivity index (χ3v) is 2.58. The molecule has 0 bridgehead atoms. The van der Waals surface area contributed by atoms with E-state index < -0.39 is 0 Å². The van der Waals surface area contributed by atoms with E-state index in [9.17, 15) is 4.79 Å². The number of rotatable bonds is 6. The minimum Gasteiger partial charge on any atom is -0.492 e. The first-order valence-corrected chi connectivity index (χ1v) is 6.38. The molecule has 1 rings (SSSR count). The minimum atomic E-state index is -0.0735. The molecule has 6 heteroatoms. The van der Waals surface area contributed by atoms with Crippen molar-refractivity contribution in [2.24, 2.45) is 5.73 Å². The van der Waals surface area contributed by atoms with E-state index in [0.717, 1.165) is 0 Å². The van der Waals surface area contributed by atoms with E-state index in [4.69, 9.17) is 22.1 Å². The highest BCUT2D eigenvalue weighted by atomic mass is 35.5. The fourth-order valence-electron chi connectivity index (χ4n) is 1.45. The van der Waals surface area contributed by atoms with E-state index in [1.165, 1.54) is 0 Å². The zero-order valence-corrected chi connectivity index (χ0v) is 12.7. The van der Waals surface area contributed by atoms with Crippen molar-refractivity contribution in [1.82, 2.24) is 0 Å². The summed E-state index contributed by atoms with van der Waals surface area (Å²) in [6.45, 7) is 4.27. The average molecular weight is 307 g/mol. The quantitative estimate of drug-likeness (QED) is 0.848. The Morgan fingerprint density at radius 2 is 2.21 bits per heavy atom. The van der Waals surface area contributed by atoms with Crippen molar-refractivity contribution >= 4 is 35.6 Å². The summed E-state index contributed by atoms with van der Waals surface area (Å²) in [6.07, 6.45) is 1.05. The summed E-state index contributed by atoms with van der Waals surface area (Å²) in [7, 11) is 0. The maximum atomic E-state index is 11.7. The molecule has 1 amide bonds. The minimum absolute atomic E-state index is 0. The molecule has 0 aromatic heterocycles. The molecule has 0 radical (unpaired) electrons. The first-order valence-electron chi connectivity index (χ1n) is 6.00. The number of hydrogen-bond acceptors (Lipinski definition) is 3. The number of halogens is 2. The van der Waals surface area contributed by atoms with Crippen LogP contribution in [0.4, 0.5) is 5.69 Å². The Kier molecular flexibility index (Phi) is 8.56. The second-order valence-electron chi connectivity index (χ2n) is 4.14. The van der Waals surface area contributed by atoms with Gasteiger partial charge in [0.2, 0.25) is 5.91 Å². The second kappa shape index (κ2) is 9.02. The Labute approximate surface area is 125 Å². The number of anilines is 1. The van der Waals surface area contributed by atoms with Gasteiger partial charge >= 0.3 is 0 Å². The molecule has 1 unspecified atom stereocenters. The molecule has 0 saturated heterocycles. The van der Waals surface area contributed by atoms with Gasteiger partial charge in [-0.25, -0.2) is 0 Å². The molecule has 1 aromatic rings. The molecular formula is C13H20Cl2N2O2. The molecule has 4 nitrogen and oxygen atoms in total. The summed E-state index contributed by atoms with van der Waals surface area (Å²) in [5.74, 6) is 0.509. The Balaban J connectivity index is 0.00000324. The summed E-state index contributed by atoms with van der Waals surface area (Å²) >= 11 is 5.88. The van der Waals surface area contributed by atoms with Gasteiger partial charge in [0.15, 0.2) is 0 Å². The summed E-state index contributed by atoms with van der Waals surface area (Å²) in [4.78, 5) is 11.7. The highest BCUT2D eigenvalue weighted by molar-refractivity contribution is 6.30. The van der Waals surface area contributed by atoms with Crippen molar-refractivity contribution in [3.8, 4) is 5.75 Å². The van der Waals surface area contributed by atoms with Crippen molar-refractivity contribution < 1.29 is 9.53 Å². The molecule has 1 atom stereocenters. The van der Waals surface area contributed by atoms with Crippen LogP contribution >= 0.6 is 24.0 Å². The number of carbonyl (C=O) groups excluding carboxylic acids is 1. The van der Waals surface area contributed by atoms with Crippen LogP contribution in [0.25, 0.3) is 0 Å². The molecule has 0 aliphatic heterocycles. The van der Waals surface area contributed by atoms with Gasteiger partial charge in [-0.2, -0.15) is 0 Å². The zero-order valence-electron chi connectivity index (χ0n) is 11.1. The fraction of sp³-hybridized carbons (Fsp3) is 0.462. The summed E-state index contributed by atoms with van der Waals surface area (Å²) in [5, 5.41) is 3.38. The number of benzene rings is 1. The Bertz CT molecular complexity index is 412. The van der Waals surface area contributed by atoms with E-state index >= 15 is 0 Å². The van der Waals surface area contributed by atoms with Crippen molar-refractivity contribution in [2.75, 3.05) is 11.9 Å². The van der Waals surface area contributed by atoms with E-state index in [0.29, 0.717) is 35.9 Å². The fourth-order valence-corrected chi connectivity index (χ4v) is 1.61. The van der Waals surface area contributed by atoms with Crippen molar-refractivity contribution in [3.05, 3.63) is 23.2 Å². The molecule has 0 fully saturated rings. The largest absolute Gasteiger partial charge is 0.492 e. The first-order chi connectivity index (χ1) is 8.52. The lowest BCUT2D eigenvalue weighted by atomic mass is 10.2. The van der Waals surface area contributed by atoms with Gasteiger partial charge in [0.05, 0.1) is 12.3 Å². The van der Waals surface area contributed by atoms with Crippen LogP contribution in [-0.4, -0.2) is 18.6 Å². The van der Waals surface area contributed by atoms with Crippen LogP contribution in [0.1, 0.15) is 26.7 Å². The topological polar surface area (TPSA) is 64.3 Å². The standard InChI is InChI=1S/C13H19ClN2O2.ClH/c1-3-18-12-8-10(14)5-6-11(12)16-13(17)7-4-9(2)15;/h5-6,8-9H,3-4,7,15H2,1-2H3,(H,16,17);1H. The van der Waals surface area contributed by atoms with Crippen LogP contribution in [0.3, 0.4) is 0 Å². The third kappa shape index (κ3) is 6.66. The number of hydrogen-bond donors (Lipinski definition) is 2. The lowest BCUT2D eigenvalue weighted by Gasteiger charge is -2.12. The lowest BCUT2D eigenvalue weighted by molar-refractivity contribution is -0.116. The normalized spacial score (nSPS) is 11.4.